The number of carbonyl (C=O) groups is 2. The van der Waals surface area contributed by atoms with Crippen LogP contribution in [0.25, 0.3) is 0 Å². The van der Waals surface area contributed by atoms with E-state index in [0.29, 0.717) is 23.8 Å². The summed E-state index contributed by atoms with van der Waals surface area (Å²) in [5, 5.41) is 3.26. The fraction of sp³-hybridized carbons (Fsp3) is 0.476. The third-order valence-electron chi connectivity index (χ3n) is 4.87. The lowest BCUT2D eigenvalue weighted by Crippen LogP contribution is -2.15. The number of anilines is 1. The van der Waals surface area contributed by atoms with Gasteiger partial charge in [-0.05, 0) is 51.3 Å². The van der Waals surface area contributed by atoms with Gasteiger partial charge in [-0.3, -0.25) is 4.79 Å². The van der Waals surface area contributed by atoms with Gasteiger partial charge in [0.1, 0.15) is 5.82 Å². The molecule has 0 amide bonds. The second-order valence-corrected chi connectivity index (χ2v) is 7.13. The first-order valence-corrected chi connectivity index (χ1v) is 9.58. The van der Waals surface area contributed by atoms with Crippen molar-refractivity contribution in [2.75, 3.05) is 25.6 Å². The zero-order valence-corrected chi connectivity index (χ0v) is 16.7. The average molecular weight is 385 g/mol. The van der Waals surface area contributed by atoms with Crippen molar-refractivity contribution in [1.82, 2.24) is 9.55 Å². The Labute approximate surface area is 165 Å². The number of hydrogen-bond donors (Lipinski definition) is 1. The van der Waals surface area contributed by atoms with Crippen molar-refractivity contribution in [3.05, 3.63) is 46.9 Å². The number of carbonyl (C=O) groups excluding carboxylic acids is 2. The van der Waals surface area contributed by atoms with Crippen molar-refractivity contribution < 1.29 is 19.1 Å². The third-order valence-corrected chi connectivity index (χ3v) is 4.87. The van der Waals surface area contributed by atoms with Crippen molar-refractivity contribution in [2.24, 2.45) is 0 Å². The van der Waals surface area contributed by atoms with Gasteiger partial charge < -0.3 is 19.4 Å². The summed E-state index contributed by atoms with van der Waals surface area (Å²) in [6.07, 6.45) is 4.65. The lowest BCUT2D eigenvalue weighted by atomic mass is 10.1. The Hall–Kier alpha value is -2.67. The van der Waals surface area contributed by atoms with Crippen LogP contribution in [-0.2, 0) is 16.0 Å². The number of pyridine rings is 1. The van der Waals surface area contributed by atoms with Gasteiger partial charge in [-0.1, -0.05) is 0 Å². The maximum atomic E-state index is 12.5. The number of methoxy groups -OCH3 is 1. The van der Waals surface area contributed by atoms with Gasteiger partial charge in [0.15, 0.2) is 6.61 Å². The largest absolute Gasteiger partial charge is 0.454 e. The second kappa shape index (κ2) is 9.01. The molecule has 1 saturated carbocycles. The highest BCUT2D eigenvalue weighted by molar-refractivity contribution is 6.00. The van der Waals surface area contributed by atoms with Gasteiger partial charge in [-0.25, -0.2) is 9.78 Å². The molecule has 0 aliphatic heterocycles. The third kappa shape index (κ3) is 4.98. The number of Topliss-reactive ketones (excluding diaryl/α,β-unsaturated/α-hetero) is 1. The Kier molecular flexibility index (Phi) is 6.46. The maximum Gasteiger partial charge on any atom is 0.340 e. The van der Waals surface area contributed by atoms with E-state index in [2.05, 4.69) is 14.9 Å². The zero-order chi connectivity index (χ0) is 20.1. The van der Waals surface area contributed by atoms with Crippen LogP contribution in [-0.4, -0.2) is 47.7 Å². The fourth-order valence-corrected chi connectivity index (χ4v) is 3.12. The first-order valence-electron chi connectivity index (χ1n) is 9.58. The van der Waals surface area contributed by atoms with E-state index in [-0.39, 0.29) is 12.4 Å². The number of hydrogen-bond acceptors (Lipinski definition) is 6. The molecule has 1 N–H and O–H groups in total. The number of nitrogens with one attached hydrogen (secondary N) is 1. The molecule has 2 aromatic heterocycles. The summed E-state index contributed by atoms with van der Waals surface area (Å²) < 4.78 is 12.4. The predicted molar refractivity (Wildman–Crippen MR) is 106 cm³/mol. The van der Waals surface area contributed by atoms with Crippen LogP contribution in [0.3, 0.4) is 0 Å². The van der Waals surface area contributed by atoms with Crippen molar-refractivity contribution in [1.29, 1.82) is 0 Å². The van der Waals surface area contributed by atoms with Crippen LogP contribution >= 0.6 is 0 Å². The molecule has 0 aromatic carbocycles. The zero-order valence-electron chi connectivity index (χ0n) is 16.7. The standard InChI is InChI=1S/C21H27N3O4/c1-14-11-18(15(2)24(14)9-4-10-27-3)19(25)13-28-21(26)16-5-8-20(22-12-16)23-17-6-7-17/h5,8,11-12,17H,4,6-7,9-10,13H2,1-3H3,(H,22,23). The molecule has 28 heavy (non-hydrogen) atoms. The molecule has 0 unspecified atom stereocenters. The molecule has 1 aliphatic carbocycles. The van der Waals surface area contributed by atoms with Gasteiger partial charge in [0.2, 0.25) is 5.78 Å². The van der Waals surface area contributed by atoms with Crippen molar-refractivity contribution >= 4 is 17.6 Å². The lowest BCUT2D eigenvalue weighted by molar-refractivity contribution is 0.0474. The minimum absolute atomic E-state index is 0.209. The van der Waals surface area contributed by atoms with Crippen LogP contribution in [0.2, 0.25) is 0 Å². The first-order chi connectivity index (χ1) is 13.5. The SMILES string of the molecule is COCCCn1c(C)cc(C(=O)COC(=O)c2ccc(NC3CC3)nc2)c1C. The van der Waals surface area contributed by atoms with Crippen LogP contribution in [0.1, 0.15) is 51.4 Å². The van der Waals surface area contributed by atoms with Gasteiger partial charge in [0.25, 0.3) is 0 Å². The van der Waals surface area contributed by atoms with Gasteiger partial charge in [-0.2, -0.15) is 0 Å². The van der Waals surface area contributed by atoms with E-state index in [1.54, 1.807) is 19.2 Å². The molecule has 1 fully saturated rings. The molecule has 0 saturated heterocycles. The molecule has 7 nitrogen and oxygen atoms in total. The number of esters is 1. The van der Waals surface area contributed by atoms with E-state index in [9.17, 15) is 9.59 Å². The number of ether oxygens (including phenoxy) is 2. The molecule has 0 atom stereocenters. The lowest BCUT2D eigenvalue weighted by Gasteiger charge is -2.09. The minimum Gasteiger partial charge on any atom is -0.454 e. The maximum absolute atomic E-state index is 12.5. The molecule has 1 aliphatic rings. The minimum atomic E-state index is -0.548. The van der Waals surface area contributed by atoms with Crippen molar-refractivity contribution in [2.45, 2.75) is 45.7 Å². The first kappa shape index (κ1) is 20.1. The highest BCUT2D eigenvalue weighted by Gasteiger charge is 2.21. The van der Waals surface area contributed by atoms with Crippen LogP contribution < -0.4 is 5.32 Å². The van der Waals surface area contributed by atoms with E-state index in [4.69, 9.17) is 9.47 Å². The molecular weight excluding hydrogens is 358 g/mol. The van der Waals surface area contributed by atoms with Crippen LogP contribution in [0.15, 0.2) is 24.4 Å². The normalized spacial score (nSPS) is 13.4. The quantitative estimate of drug-likeness (QED) is 0.384. The van der Waals surface area contributed by atoms with Gasteiger partial charge >= 0.3 is 5.97 Å². The van der Waals surface area contributed by atoms with Crippen LogP contribution in [0, 0.1) is 13.8 Å². The molecule has 2 aromatic rings. The average Bonchev–Trinajstić information content (AvgIpc) is 3.46. The summed E-state index contributed by atoms with van der Waals surface area (Å²) in [6, 6.07) is 5.76. The van der Waals surface area contributed by atoms with Crippen molar-refractivity contribution in [3.63, 3.8) is 0 Å². The summed E-state index contributed by atoms with van der Waals surface area (Å²) in [4.78, 5) is 29.0. The number of ketones is 1. The van der Waals surface area contributed by atoms with E-state index < -0.39 is 5.97 Å². The summed E-state index contributed by atoms with van der Waals surface area (Å²) in [5.41, 5.74) is 2.81. The van der Waals surface area contributed by atoms with Gasteiger partial charge in [-0.15, -0.1) is 0 Å². The van der Waals surface area contributed by atoms with Gasteiger partial charge in [0.05, 0.1) is 5.56 Å². The number of nitrogens with zero attached hydrogens (tertiary/aromatic N) is 2. The fourth-order valence-electron chi connectivity index (χ4n) is 3.12. The Bertz CT molecular complexity index is 838. The van der Waals surface area contributed by atoms with E-state index in [1.165, 1.54) is 6.20 Å². The molecule has 3 rings (SSSR count). The monoisotopic (exact) mass is 385 g/mol. The highest BCUT2D eigenvalue weighted by Crippen LogP contribution is 2.23. The summed E-state index contributed by atoms with van der Waals surface area (Å²) in [5.74, 6) is -0.0109. The smallest absolute Gasteiger partial charge is 0.340 e. The van der Waals surface area contributed by atoms with Crippen molar-refractivity contribution in [3.8, 4) is 0 Å². The van der Waals surface area contributed by atoms with E-state index >= 15 is 0 Å². The molecule has 150 valence electrons. The summed E-state index contributed by atoms with van der Waals surface area (Å²) in [6.45, 7) is 5.03. The Morgan fingerprint density at radius 2 is 2.07 bits per heavy atom. The predicted octanol–water partition coefficient (Wildman–Crippen LogP) is 3.15. The molecule has 7 heteroatoms. The Morgan fingerprint density at radius 1 is 1.29 bits per heavy atom. The summed E-state index contributed by atoms with van der Waals surface area (Å²) in [7, 11) is 1.67. The Balaban J connectivity index is 1.55. The molecular formula is C21H27N3O4. The molecule has 0 bridgehead atoms. The number of aryl methyl sites for hydroxylation is 1. The van der Waals surface area contributed by atoms with Crippen LogP contribution in [0.4, 0.5) is 5.82 Å². The molecule has 0 spiro atoms. The number of aromatic nitrogens is 2. The molecule has 0 radical (unpaired) electrons. The number of rotatable bonds is 10. The molecule has 2 heterocycles. The van der Waals surface area contributed by atoms with Gasteiger partial charge in [0, 0.05) is 49.5 Å². The Morgan fingerprint density at radius 3 is 2.71 bits per heavy atom. The second-order valence-electron chi connectivity index (χ2n) is 7.13. The summed E-state index contributed by atoms with van der Waals surface area (Å²) >= 11 is 0. The topological polar surface area (TPSA) is 82.5 Å². The highest BCUT2D eigenvalue weighted by atomic mass is 16.5. The van der Waals surface area contributed by atoms with Crippen LogP contribution in [0.5, 0.6) is 0 Å². The van der Waals surface area contributed by atoms with E-state index in [0.717, 1.165) is 43.0 Å². The van der Waals surface area contributed by atoms with E-state index in [1.807, 2.05) is 19.9 Å².